The molecule has 0 bridgehead atoms. The van der Waals surface area contributed by atoms with Crippen molar-refractivity contribution >= 4 is 0 Å². The van der Waals surface area contributed by atoms with Crippen LogP contribution in [0, 0.1) is 0 Å². The molecule has 1 aromatic heterocycles. The highest BCUT2D eigenvalue weighted by molar-refractivity contribution is 5.22. The van der Waals surface area contributed by atoms with Crippen LogP contribution in [0.1, 0.15) is 12.5 Å². The molecule has 0 atom stereocenters. The second kappa shape index (κ2) is 4.64. The summed E-state index contributed by atoms with van der Waals surface area (Å²) in [6.45, 7) is 6.37. The fourth-order valence-corrected chi connectivity index (χ4v) is 1.82. The summed E-state index contributed by atoms with van der Waals surface area (Å²) in [5.41, 5.74) is 4.30. The van der Waals surface area contributed by atoms with Crippen LogP contribution in [0.25, 0.3) is 0 Å². The van der Waals surface area contributed by atoms with Crippen molar-refractivity contribution in [1.29, 1.82) is 0 Å². The van der Waals surface area contributed by atoms with Crippen LogP contribution >= 0.6 is 0 Å². The van der Waals surface area contributed by atoms with Gasteiger partial charge in [0.1, 0.15) is 0 Å². The van der Waals surface area contributed by atoms with Crippen molar-refractivity contribution in [2.24, 2.45) is 0 Å². The van der Waals surface area contributed by atoms with E-state index >= 15 is 0 Å². The number of furan rings is 1. The standard InChI is InChI=1S/C12H18N2O/c1-10(12-5-13-6-12)7-14(2)8-11-3-4-15-9-11/h3-4,9,13H,5-8H2,1-2H3. The summed E-state index contributed by atoms with van der Waals surface area (Å²) in [6.07, 6.45) is 3.54. The molecule has 2 rings (SSSR count). The fourth-order valence-electron chi connectivity index (χ4n) is 1.82. The minimum Gasteiger partial charge on any atom is -0.472 e. The fraction of sp³-hybridized carbons (Fsp3) is 0.500. The van der Waals surface area contributed by atoms with Crippen LogP contribution in [0.2, 0.25) is 0 Å². The van der Waals surface area contributed by atoms with Crippen LogP contribution in [-0.2, 0) is 6.54 Å². The van der Waals surface area contributed by atoms with E-state index in [9.17, 15) is 0 Å². The smallest absolute Gasteiger partial charge is 0.0947 e. The van der Waals surface area contributed by atoms with Gasteiger partial charge in [0.15, 0.2) is 0 Å². The van der Waals surface area contributed by atoms with E-state index < -0.39 is 0 Å². The number of hydrogen-bond donors (Lipinski definition) is 1. The first-order valence-corrected chi connectivity index (χ1v) is 5.33. The van der Waals surface area contributed by atoms with Crippen LogP contribution in [0.15, 0.2) is 34.2 Å². The Morgan fingerprint density at radius 1 is 1.53 bits per heavy atom. The highest BCUT2D eigenvalue weighted by Gasteiger charge is 2.12. The molecule has 15 heavy (non-hydrogen) atoms. The van der Waals surface area contributed by atoms with Gasteiger partial charge in [-0.1, -0.05) is 5.57 Å². The molecule has 0 unspecified atom stereocenters. The predicted octanol–water partition coefficient (Wildman–Crippen LogP) is 1.63. The van der Waals surface area contributed by atoms with Gasteiger partial charge in [0.25, 0.3) is 0 Å². The molecule has 1 saturated heterocycles. The van der Waals surface area contributed by atoms with Crippen LogP contribution < -0.4 is 5.32 Å². The zero-order valence-electron chi connectivity index (χ0n) is 9.42. The third-order valence-corrected chi connectivity index (χ3v) is 2.82. The Kier molecular flexibility index (Phi) is 3.23. The molecule has 1 aromatic rings. The van der Waals surface area contributed by atoms with E-state index in [1.165, 1.54) is 11.1 Å². The molecular weight excluding hydrogens is 188 g/mol. The van der Waals surface area contributed by atoms with Gasteiger partial charge >= 0.3 is 0 Å². The molecule has 0 saturated carbocycles. The summed E-state index contributed by atoms with van der Waals surface area (Å²) < 4.78 is 5.05. The molecule has 0 radical (unpaired) electrons. The lowest BCUT2D eigenvalue weighted by molar-refractivity contribution is 0.350. The van der Waals surface area contributed by atoms with Crippen molar-refractivity contribution in [3.63, 3.8) is 0 Å². The highest BCUT2D eigenvalue weighted by atomic mass is 16.3. The lowest BCUT2D eigenvalue weighted by Gasteiger charge is -2.24. The normalized spacial score (nSPS) is 15.5. The van der Waals surface area contributed by atoms with Crippen LogP contribution in [0.4, 0.5) is 0 Å². The number of rotatable bonds is 4. The molecule has 3 nitrogen and oxygen atoms in total. The number of hydrogen-bond acceptors (Lipinski definition) is 3. The molecule has 1 aliphatic rings. The molecule has 1 fully saturated rings. The first-order valence-electron chi connectivity index (χ1n) is 5.33. The van der Waals surface area contributed by atoms with E-state index in [0.717, 1.165) is 26.2 Å². The van der Waals surface area contributed by atoms with E-state index in [0.29, 0.717) is 0 Å². The summed E-state index contributed by atoms with van der Waals surface area (Å²) >= 11 is 0. The van der Waals surface area contributed by atoms with Gasteiger partial charge in [-0.3, -0.25) is 4.90 Å². The van der Waals surface area contributed by atoms with Gasteiger partial charge < -0.3 is 9.73 Å². The maximum atomic E-state index is 5.05. The third kappa shape index (κ3) is 2.70. The Labute approximate surface area is 90.8 Å². The van der Waals surface area contributed by atoms with E-state index in [-0.39, 0.29) is 0 Å². The second-order valence-corrected chi connectivity index (χ2v) is 4.29. The van der Waals surface area contributed by atoms with E-state index in [4.69, 9.17) is 4.42 Å². The summed E-state index contributed by atoms with van der Waals surface area (Å²) in [5.74, 6) is 0. The first kappa shape index (κ1) is 10.5. The van der Waals surface area contributed by atoms with Gasteiger partial charge in [-0.25, -0.2) is 0 Å². The van der Waals surface area contributed by atoms with Gasteiger partial charge in [0.2, 0.25) is 0 Å². The minimum atomic E-state index is 0.953. The molecule has 82 valence electrons. The number of nitrogens with one attached hydrogen (secondary N) is 1. The van der Waals surface area contributed by atoms with Crippen molar-refractivity contribution in [3.8, 4) is 0 Å². The molecule has 0 aromatic carbocycles. The van der Waals surface area contributed by atoms with Crippen LogP contribution in [-0.4, -0.2) is 31.6 Å². The Morgan fingerprint density at radius 3 is 2.87 bits per heavy atom. The Hall–Kier alpha value is -1.06. The second-order valence-electron chi connectivity index (χ2n) is 4.29. The van der Waals surface area contributed by atoms with Crippen LogP contribution in [0.3, 0.4) is 0 Å². The predicted molar refractivity (Wildman–Crippen MR) is 60.6 cm³/mol. The third-order valence-electron chi connectivity index (χ3n) is 2.82. The maximum absolute atomic E-state index is 5.05. The average molecular weight is 206 g/mol. The summed E-state index contributed by atoms with van der Waals surface area (Å²) in [6, 6.07) is 2.02. The van der Waals surface area contributed by atoms with Crippen molar-refractivity contribution in [1.82, 2.24) is 10.2 Å². The van der Waals surface area contributed by atoms with Gasteiger partial charge in [0, 0.05) is 31.7 Å². The lowest BCUT2D eigenvalue weighted by Crippen LogP contribution is -2.36. The highest BCUT2D eigenvalue weighted by Crippen LogP contribution is 2.11. The van der Waals surface area contributed by atoms with Gasteiger partial charge in [-0.15, -0.1) is 0 Å². The topological polar surface area (TPSA) is 28.4 Å². The molecule has 0 spiro atoms. The Balaban J connectivity index is 1.84. The van der Waals surface area contributed by atoms with Crippen molar-refractivity contribution < 1.29 is 4.42 Å². The quantitative estimate of drug-likeness (QED) is 0.759. The van der Waals surface area contributed by atoms with Gasteiger partial charge in [0.05, 0.1) is 12.5 Å². The maximum Gasteiger partial charge on any atom is 0.0947 e. The van der Waals surface area contributed by atoms with Crippen LogP contribution in [0.5, 0.6) is 0 Å². The number of nitrogens with zero attached hydrogens (tertiary/aromatic N) is 1. The van der Waals surface area contributed by atoms with Gasteiger partial charge in [-0.05, 0) is 25.6 Å². The summed E-state index contributed by atoms with van der Waals surface area (Å²) in [4.78, 5) is 2.31. The molecule has 3 heteroatoms. The molecular formula is C12H18N2O. The molecule has 1 N–H and O–H groups in total. The zero-order chi connectivity index (χ0) is 10.7. The Bertz CT molecular complexity index is 335. The minimum absolute atomic E-state index is 0.953. The SMILES string of the molecule is CC(CN(C)Cc1ccoc1)=C1CNC1. The molecule has 1 aliphatic heterocycles. The van der Waals surface area contributed by atoms with Crippen molar-refractivity contribution in [2.45, 2.75) is 13.5 Å². The zero-order valence-corrected chi connectivity index (χ0v) is 9.42. The largest absolute Gasteiger partial charge is 0.472 e. The van der Waals surface area contributed by atoms with E-state index in [1.807, 2.05) is 12.3 Å². The van der Waals surface area contributed by atoms with E-state index in [1.54, 1.807) is 11.8 Å². The first-order chi connectivity index (χ1) is 7.25. The van der Waals surface area contributed by atoms with E-state index in [2.05, 4.69) is 24.2 Å². The van der Waals surface area contributed by atoms with Crippen molar-refractivity contribution in [2.75, 3.05) is 26.7 Å². The molecule has 0 aliphatic carbocycles. The van der Waals surface area contributed by atoms with Gasteiger partial charge in [-0.2, -0.15) is 0 Å². The van der Waals surface area contributed by atoms with Crippen molar-refractivity contribution in [3.05, 3.63) is 35.3 Å². The monoisotopic (exact) mass is 206 g/mol. The Morgan fingerprint density at radius 2 is 2.33 bits per heavy atom. The molecule has 2 heterocycles. The summed E-state index contributed by atoms with van der Waals surface area (Å²) in [5, 5.41) is 3.27. The average Bonchev–Trinajstić information content (AvgIpc) is 2.52. The molecule has 0 amide bonds. The summed E-state index contributed by atoms with van der Waals surface area (Å²) in [7, 11) is 2.14. The number of likely N-dealkylation sites (N-methyl/N-ethyl adjacent to an activating group) is 1. The lowest BCUT2D eigenvalue weighted by atomic mass is 10.0.